The smallest absolute Gasteiger partial charge is 0.319 e. The maximum Gasteiger partial charge on any atom is 0.319 e. The van der Waals surface area contributed by atoms with Crippen molar-refractivity contribution in [1.29, 1.82) is 0 Å². The van der Waals surface area contributed by atoms with Crippen LogP contribution < -0.4 is 20.1 Å². The zero-order valence-corrected chi connectivity index (χ0v) is 23.9. The van der Waals surface area contributed by atoms with Gasteiger partial charge in [-0.15, -0.1) is 0 Å². The van der Waals surface area contributed by atoms with E-state index in [1.165, 1.54) is 5.56 Å². The maximum atomic E-state index is 13.9. The number of amides is 3. The Morgan fingerprint density at radius 2 is 1.98 bits per heavy atom. The van der Waals surface area contributed by atoms with Crippen LogP contribution in [0.4, 0.5) is 10.5 Å². The average molecular weight is 550 g/mol. The molecule has 0 radical (unpaired) electrons. The largest absolute Gasteiger partial charge is 0.454 e. The van der Waals surface area contributed by atoms with Gasteiger partial charge in [0.1, 0.15) is 0 Å². The van der Waals surface area contributed by atoms with Crippen LogP contribution in [0.1, 0.15) is 56.1 Å². The van der Waals surface area contributed by atoms with Gasteiger partial charge in [0.25, 0.3) is 0 Å². The number of nitrogens with zero attached hydrogens (tertiary/aromatic N) is 4. The minimum absolute atomic E-state index is 0.102. The summed E-state index contributed by atoms with van der Waals surface area (Å²) in [6.07, 6.45) is 4.71. The van der Waals surface area contributed by atoms with Crippen molar-refractivity contribution in [2.45, 2.75) is 57.5 Å². The summed E-state index contributed by atoms with van der Waals surface area (Å²) >= 11 is 0. The molecule has 3 amide bonds. The Morgan fingerprint density at radius 1 is 1.12 bits per heavy atom. The van der Waals surface area contributed by atoms with Gasteiger partial charge in [-0.05, 0) is 67.0 Å². The molecule has 2 saturated heterocycles. The van der Waals surface area contributed by atoms with E-state index in [2.05, 4.69) is 24.0 Å². The molecule has 3 aliphatic heterocycles. The second-order valence-electron chi connectivity index (χ2n) is 11.2. The van der Waals surface area contributed by atoms with Gasteiger partial charge in [0.15, 0.2) is 11.5 Å². The Kier molecular flexibility index (Phi) is 9.11. The summed E-state index contributed by atoms with van der Waals surface area (Å²) in [4.78, 5) is 34.6. The molecule has 2 fully saturated rings. The highest BCUT2D eigenvalue weighted by atomic mass is 16.7. The number of urea groups is 1. The van der Waals surface area contributed by atoms with Gasteiger partial charge in [-0.3, -0.25) is 9.69 Å². The first kappa shape index (κ1) is 28.2. The van der Waals surface area contributed by atoms with E-state index in [1.54, 1.807) is 4.90 Å². The van der Waals surface area contributed by atoms with E-state index in [0.717, 1.165) is 74.5 Å². The van der Waals surface area contributed by atoms with Gasteiger partial charge in [0.2, 0.25) is 12.7 Å². The third kappa shape index (κ3) is 6.36. The second-order valence-corrected chi connectivity index (χ2v) is 11.2. The van der Waals surface area contributed by atoms with Crippen LogP contribution >= 0.6 is 0 Å². The predicted octanol–water partition coefficient (Wildman–Crippen LogP) is 4.01. The van der Waals surface area contributed by atoms with Crippen molar-refractivity contribution in [3.05, 3.63) is 53.6 Å². The van der Waals surface area contributed by atoms with Gasteiger partial charge < -0.3 is 29.9 Å². The fraction of sp³-hybridized carbons (Fsp3) is 0.548. The van der Waals surface area contributed by atoms with Crippen LogP contribution in [0.3, 0.4) is 0 Å². The van der Waals surface area contributed by atoms with Crippen LogP contribution in [0, 0.1) is 0 Å². The van der Waals surface area contributed by atoms with Crippen LogP contribution in [0.25, 0.3) is 0 Å². The molecule has 2 aromatic carbocycles. The first-order valence-electron chi connectivity index (χ1n) is 14.7. The third-order valence-electron chi connectivity index (χ3n) is 8.48. The van der Waals surface area contributed by atoms with Crippen molar-refractivity contribution in [3.8, 4) is 11.5 Å². The fourth-order valence-corrected chi connectivity index (χ4v) is 6.16. The first-order valence-corrected chi connectivity index (χ1v) is 14.7. The molecular formula is C31H43N5O4. The van der Waals surface area contributed by atoms with Crippen molar-refractivity contribution in [2.75, 3.05) is 58.0 Å². The molecule has 216 valence electrons. The first-order chi connectivity index (χ1) is 19.5. The molecule has 0 spiro atoms. The molecule has 2 N–H and O–H groups in total. The van der Waals surface area contributed by atoms with Crippen LogP contribution in [-0.2, 0) is 11.3 Å². The van der Waals surface area contributed by atoms with Gasteiger partial charge in [-0.2, -0.15) is 0 Å². The molecular weight excluding hydrogens is 506 g/mol. The van der Waals surface area contributed by atoms with E-state index >= 15 is 0 Å². The number of fused-ring (bicyclic) bond motifs is 1. The molecule has 9 nitrogen and oxygen atoms in total. The number of carbonyl (C=O) groups is 2. The predicted molar refractivity (Wildman–Crippen MR) is 156 cm³/mol. The zero-order valence-electron chi connectivity index (χ0n) is 23.9. The number of carbonyl (C=O) groups excluding carboxylic acids is 2. The summed E-state index contributed by atoms with van der Waals surface area (Å²) in [6, 6.07) is 14.5. The lowest BCUT2D eigenvalue weighted by atomic mass is 9.95. The number of hydrogen-bond donors (Lipinski definition) is 1. The molecule has 3 aliphatic rings. The molecule has 5 rings (SSSR count). The van der Waals surface area contributed by atoms with Gasteiger partial charge in [-0.25, -0.2) is 4.79 Å². The van der Waals surface area contributed by atoms with E-state index < -0.39 is 0 Å². The maximum absolute atomic E-state index is 13.9. The Balaban J connectivity index is 1.33. The van der Waals surface area contributed by atoms with Gasteiger partial charge in [0, 0.05) is 58.0 Å². The fourth-order valence-electron chi connectivity index (χ4n) is 6.16. The summed E-state index contributed by atoms with van der Waals surface area (Å²) in [5, 5.41) is 0. The van der Waals surface area contributed by atoms with Crippen molar-refractivity contribution in [2.24, 2.45) is 5.73 Å². The third-order valence-corrected chi connectivity index (χ3v) is 8.48. The quantitative estimate of drug-likeness (QED) is 0.456. The molecule has 2 atom stereocenters. The second kappa shape index (κ2) is 12.9. The zero-order chi connectivity index (χ0) is 28.1. The minimum Gasteiger partial charge on any atom is -0.454 e. The number of ether oxygens (including phenoxy) is 2. The minimum atomic E-state index is 0.102. The topological polar surface area (TPSA) is 91.6 Å². The molecule has 0 saturated carbocycles. The van der Waals surface area contributed by atoms with Gasteiger partial charge in [-0.1, -0.05) is 31.5 Å². The number of likely N-dealkylation sites (tertiary alicyclic amines) is 1. The molecule has 0 aromatic heterocycles. The van der Waals surface area contributed by atoms with E-state index in [-0.39, 0.29) is 30.7 Å². The number of rotatable bonds is 11. The van der Waals surface area contributed by atoms with E-state index in [1.807, 2.05) is 47.2 Å². The average Bonchev–Trinajstić information content (AvgIpc) is 3.60. The molecule has 9 heteroatoms. The van der Waals surface area contributed by atoms with Crippen molar-refractivity contribution in [3.63, 3.8) is 0 Å². The van der Waals surface area contributed by atoms with Gasteiger partial charge >= 0.3 is 6.03 Å². The molecule has 3 heterocycles. The van der Waals surface area contributed by atoms with Crippen molar-refractivity contribution in [1.82, 2.24) is 14.7 Å². The molecule has 2 aromatic rings. The Bertz CT molecular complexity index is 1190. The van der Waals surface area contributed by atoms with Crippen LogP contribution in [0.5, 0.6) is 11.5 Å². The lowest BCUT2D eigenvalue weighted by Crippen LogP contribution is -2.49. The summed E-state index contributed by atoms with van der Waals surface area (Å²) in [7, 11) is 1.87. The van der Waals surface area contributed by atoms with Crippen LogP contribution in [0.2, 0.25) is 0 Å². The number of unbranched alkanes of at least 4 members (excludes halogenated alkanes) is 1. The van der Waals surface area contributed by atoms with Crippen LogP contribution in [-0.4, -0.2) is 85.8 Å². The summed E-state index contributed by atoms with van der Waals surface area (Å²) in [6.45, 7) is 6.96. The number of hydrogen-bond acceptors (Lipinski definition) is 6. The highest BCUT2D eigenvalue weighted by molar-refractivity contribution is 5.95. The monoisotopic (exact) mass is 549 g/mol. The standard InChI is InChI=1S/C31H43N5O4/c1-3-4-14-36(27-8-5-7-23(16-27)19-32)30(37)21-35-20-25(24-9-10-28-29(18-24)40-22-39-28)17-26(35)11-15-34-13-6-12-33(2)31(34)38/h5,7-10,16,18,25-26H,3-4,6,11-15,17,19-22,32H2,1-2H3/t25-,26+/m1/s1. The Labute approximate surface area is 237 Å². The number of anilines is 1. The van der Waals surface area contributed by atoms with Crippen molar-refractivity contribution < 1.29 is 19.1 Å². The summed E-state index contributed by atoms with van der Waals surface area (Å²) in [5.41, 5.74) is 9.04. The van der Waals surface area contributed by atoms with Crippen molar-refractivity contribution >= 4 is 17.6 Å². The summed E-state index contributed by atoms with van der Waals surface area (Å²) < 4.78 is 11.2. The highest BCUT2D eigenvalue weighted by Gasteiger charge is 2.36. The lowest BCUT2D eigenvalue weighted by molar-refractivity contribution is -0.120. The number of nitrogens with two attached hydrogens (primary N) is 1. The molecule has 0 unspecified atom stereocenters. The number of benzene rings is 2. The molecule has 0 bridgehead atoms. The van der Waals surface area contributed by atoms with E-state index in [0.29, 0.717) is 26.2 Å². The molecule has 40 heavy (non-hydrogen) atoms. The lowest BCUT2D eigenvalue weighted by Gasteiger charge is -2.35. The van der Waals surface area contributed by atoms with Crippen LogP contribution in [0.15, 0.2) is 42.5 Å². The molecule has 0 aliphatic carbocycles. The summed E-state index contributed by atoms with van der Waals surface area (Å²) in [5.74, 6) is 1.95. The SMILES string of the molecule is CCCCN(C(=O)CN1C[C@H](c2ccc3c(c2)OCO3)C[C@@H]1CCN1CCCN(C)C1=O)c1cccc(CN)c1. The highest BCUT2D eigenvalue weighted by Crippen LogP contribution is 2.39. The Morgan fingerprint density at radius 3 is 2.80 bits per heavy atom. The van der Waals surface area contributed by atoms with E-state index in [9.17, 15) is 9.59 Å². The van der Waals surface area contributed by atoms with Gasteiger partial charge in [0.05, 0.1) is 6.54 Å². The van der Waals surface area contributed by atoms with E-state index in [4.69, 9.17) is 15.2 Å². The Hall–Kier alpha value is -3.30. The normalized spacial score (nSPS) is 20.8.